The Hall–Kier alpha value is -1.65. The Kier molecular flexibility index (Phi) is 3.36. The minimum absolute atomic E-state index is 0.618. The van der Waals surface area contributed by atoms with Crippen molar-refractivity contribution in [3.05, 3.63) is 41.7 Å². The predicted octanol–water partition coefficient (Wildman–Crippen LogP) is 2.05. The summed E-state index contributed by atoms with van der Waals surface area (Å²) in [6.45, 7) is 5.02. The van der Waals surface area contributed by atoms with Gasteiger partial charge in [-0.05, 0) is 14.0 Å². The molecule has 0 amide bonds. The number of aromatic nitrogens is 1. The number of nitrogens with one attached hydrogen (secondary N) is 1. The molecule has 4 heteroatoms. The molecule has 1 fully saturated rings. The van der Waals surface area contributed by atoms with Gasteiger partial charge in [0.2, 0.25) is 0 Å². The van der Waals surface area contributed by atoms with Gasteiger partial charge in [-0.25, -0.2) is 0 Å². The zero-order chi connectivity index (χ0) is 13.2. The summed E-state index contributed by atoms with van der Waals surface area (Å²) in [5.41, 5.74) is 3.27. The Bertz CT molecular complexity index is 543. The summed E-state index contributed by atoms with van der Waals surface area (Å²) in [5, 5.41) is 7.43. The van der Waals surface area contributed by atoms with Crippen molar-refractivity contribution in [1.29, 1.82) is 0 Å². The number of nitrogens with zero attached hydrogens (tertiary/aromatic N) is 2. The molecule has 4 nitrogen and oxygen atoms in total. The van der Waals surface area contributed by atoms with Crippen LogP contribution < -0.4 is 5.32 Å². The Morgan fingerprint density at radius 2 is 2.05 bits per heavy atom. The molecule has 2 aromatic rings. The molecule has 19 heavy (non-hydrogen) atoms. The molecule has 3 rings (SSSR count). The van der Waals surface area contributed by atoms with Crippen molar-refractivity contribution in [3.63, 3.8) is 0 Å². The second kappa shape index (κ2) is 5.15. The second-order valence-electron chi connectivity index (χ2n) is 5.27. The van der Waals surface area contributed by atoms with Crippen molar-refractivity contribution in [2.75, 3.05) is 20.1 Å². The maximum absolute atomic E-state index is 5.43. The molecule has 2 heterocycles. The number of likely N-dealkylation sites (N-methyl/N-ethyl adjacent to an activating group) is 1. The van der Waals surface area contributed by atoms with Crippen LogP contribution >= 0.6 is 0 Å². The number of hydrogen-bond donors (Lipinski definition) is 1. The van der Waals surface area contributed by atoms with Crippen molar-refractivity contribution in [3.8, 4) is 11.3 Å². The van der Waals surface area contributed by atoms with E-state index in [0.717, 1.165) is 36.7 Å². The summed E-state index contributed by atoms with van der Waals surface area (Å²) < 4.78 is 5.43. The molecule has 0 atom stereocenters. The van der Waals surface area contributed by atoms with E-state index >= 15 is 0 Å². The van der Waals surface area contributed by atoms with Crippen LogP contribution in [0.1, 0.15) is 11.3 Å². The first kappa shape index (κ1) is 12.4. The van der Waals surface area contributed by atoms with E-state index in [1.54, 1.807) is 0 Å². The summed E-state index contributed by atoms with van der Waals surface area (Å²) in [6.07, 6.45) is 0. The second-order valence-corrected chi connectivity index (χ2v) is 5.27. The number of hydrogen-bond acceptors (Lipinski definition) is 4. The first-order valence-electron chi connectivity index (χ1n) is 6.66. The van der Waals surface area contributed by atoms with E-state index in [2.05, 4.69) is 53.6 Å². The average molecular weight is 257 g/mol. The Morgan fingerprint density at radius 3 is 2.68 bits per heavy atom. The number of benzene rings is 1. The first-order chi connectivity index (χ1) is 9.22. The highest BCUT2D eigenvalue weighted by Gasteiger charge is 2.22. The van der Waals surface area contributed by atoms with Gasteiger partial charge in [0.05, 0.1) is 6.54 Å². The highest BCUT2D eigenvalue weighted by Crippen LogP contribution is 2.20. The molecule has 1 N–H and O–H groups in total. The minimum atomic E-state index is 0.618. The molecule has 100 valence electrons. The minimum Gasteiger partial charge on any atom is -0.359 e. The fraction of sp³-hybridized carbons (Fsp3) is 0.400. The van der Waals surface area contributed by atoms with Crippen LogP contribution in [-0.2, 0) is 6.54 Å². The molecular weight excluding hydrogens is 238 g/mol. The number of rotatable bonds is 4. The molecule has 0 spiro atoms. The van der Waals surface area contributed by atoms with Gasteiger partial charge in [0, 0.05) is 30.8 Å². The van der Waals surface area contributed by atoms with E-state index in [-0.39, 0.29) is 0 Å². The van der Waals surface area contributed by atoms with Crippen LogP contribution in [0.2, 0.25) is 0 Å². The highest BCUT2D eigenvalue weighted by molar-refractivity contribution is 5.59. The van der Waals surface area contributed by atoms with Gasteiger partial charge in [-0.1, -0.05) is 35.0 Å². The molecule has 0 bridgehead atoms. The molecule has 0 radical (unpaired) electrons. The zero-order valence-electron chi connectivity index (χ0n) is 11.4. The SMILES string of the molecule is Cc1ccc(-c2cc(CN(C)C3CNC3)on2)cc1. The largest absolute Gasteiger partial charge is 0.359 e. The van der Waals surface area contributed by atoms with Crippen LogP contribution in [0.3, 0.4) is 0 Å². The summed E-state index contributed by atoms with van der Waals surface area (Å²) >= 11 is 0. The Labute approximate surface area is 113 Å². The van der Waals surface area contributed by atoms with Crippen molar-refractivity contribution >= 4 is 0 Å². The lowest BCUT2D eigenvalue weighted by Crippen LogP contribution is -2.55. The summed E-state index contributed by atoms with van der Waals surface area (Å²) in [4.78, 5) is 2.30. The van der Waals surface area contributed by atoms with Crippen LogP contribution in [0, 0.1) is 6.92 Å². The quantitative estimate of drug-likeness (QED) is 0.910. The normalized spacial score (nSPS) is 15.7. The van der Waals surface area contributed by atoms with E-state index in [9.17, 15) is 0 Å². The third kappa shape index (κ3) is 2.69. The van der Waals surface area contributed by atoms with Gasteiger partial charge in [-0.3, -0.25) is 4.90 Å². The number of aryl methyl sites for hydroxylation is 1. The van der Waals surface area contributed by atoms with Gasteiger partial charge in [-0.2, -0.15) is 0 Å². The van der Waals surface area contributed by atoms with E-state index in [4.69, 9.17) is 4.52 Å². The summed E-state index contributed by atoms with van der Waals surface area (Å²) in [5.74, 6) is 0.921. The van der Waals surface area contributed by atoms with Gasteiger partial charge in [0.15, 0.2) is 5.76 Å². The monoisotopic (exact) mass is 257 g/mol. The third-order valence-electron chi connectivity index (χ3n) is 3.69. The van der Waals surface area contributed by atoms with Gasteiger partial charge in [0.25, 0.3) is 0 Å². The molecule has 1 aliphatic heterocycles. The van der Waals surface area contributed by atoms with Gasteiger partial charge in [0.1, 0.15) is 5.69 Å². The molecular formula is C15H19N3O. The summed E-state index contributed by atoms with van der Waals surface area (Å²) in [7, 11) is 2.12. The highest BCUT2D eigenvalue weighted by atomic mass is 16.5. The third-order valence-corrected chi connectivity index (χ3v) is 3.69. The van der Waals surface area contributed by atoms with E-state index in [0.29, 0.717) is 6.04 Å². The van der Waals surface area contributed by atoms with E-state index in [1.165, 1.54) is 5.56 Å². The average Bonchev–Trinajstić information content (AvgIpc) is 2.76. The smallest absolute Gasteiger partial charge is 0.151 e. The molecule has 1 saturated heterocycles. The van der Waals surface area contributed by atoms with Crippen molar-refractivity contribution < 1.29 is 4.52 Å². The van der Waals surface area contributed by atoms with Crippen molar-refractivity contribution in [2.45, 2.75) is 19.5 Å². The lowest BCUT2D eigenvalue weighted by atomic mass is 10.1. The Morgan fingerprint density at radius 1 is 1.32 bits per heavy atom. The van der Waals surface area contributed by atoms with E-state index < -0.39 is 0 Å². The summed E-state index contributed by atoms with van der Waals surface area (Å²) in [6, 6.07) is 11.0. The van der Waals surface area contributed by atoms with Crippen LogP contribution in [0.5, 0.6) is 0 Å². The molecule has 1 aromatic heterocycles. The molecule has 1 aliphatic rings. The first-order valence-corrected chi connectivity index (χ1v) is 6.66. The maximum Gasteiger partial charge on any atom is 0.151 e. The molecule has 0 unspecified atom stereocenters. The van der Waals surface area contributed by atoms with Crippen LogP contribution in [0.15, 0.2) is 34.9 Å². The van der Waals surface area contributed by atoms with Crippen LogP contribution in [-0.4, -0.2) is 36.2 Å². The van der Waals surface area contributed by atoms with Crippen molar-refractivity contribution in [2.24, 2.45) is 0 Å². The van der Waals surface area contributed by atoms with E-state index in [1.807, 2.05) is 6.07 Å². The van der Waals surface area contributed by atoms with Crippen LogP contribution in [0.4, 0.5) is 0 Å². The zero-order valence-corrected chi connectivity index (χ0v) is 11.4. The van der Waals surface area contributed by atoms with Gasteiger partial charge in [-0.15, -0.1) is 0 Å². The van der Waals surface area contributed by atoms with Crippen molar-refractivity contribution in [1.82, 2.24) is 15.4 Å². The van der Waals surface area contributed by atoms with Gasteiger partial charge >= 0.3 is 0 Å². The lowest BCUT2D eigenvalue weighted by Gasteiger charge is -2.34. The lowest BCUT2D eigenvalue weighted by molar-refractivity contribution is 0.157. The standard InChI is InChI=1S/C15H19N3O/c1-11-3-5-12(6-4-11)15-7-14(19-17-15)10-18(2)13-8-16-9-13/h3-7,13,16H,8-10H2,1-2H3. The predicted molar refractivity (Wildman–Crippen MR) is 74.8 cm³/mol. The topological polar surface area (TPSA) is 41.3 Å². The Balaban J connectivity index is 1.70. The maximum atomic E-state index is 5.43. The molecule has 1 aromatic carbocycles. The molecule has 0 saturated carbocycles. The van der Waals surface area contributed by atoms with Gasteiger partial charge < -0.3 is 9.84 Å². The fourth-order valence-electron chi connectivity index (χ4n) is 2.21. The fourth-order valence-corrected chi connectivity index (χ4v) is 2.21. The van der Waals surface area contributed by atoms with Crippen LogP contribution in [0.25, 0.3) is 11.3 Å². The molecule has 0 aliphatic carbocycles.